The lowest BCUT2D eigenvalue weighted by Crippen LogP contribution is -2.27. The molecule has 160 valence electrons. The highest BCUT2D eigenvalue weighted by atomic mass is 79.9. The van der Waals surface area contributed by atoms with Crippen LogP contribution in [0.3, 0.4) is 0 Å². The van der Waals surface area contributed by atoms with E-state index in [2.05, 4.69) is 123 Å². The van der Waals surface area contributed by atoms with Crippen molar-refractivity contribution in [3.05, 3.63) is 82.3 Å². The first kappa shape index (κ1) is 23.3. The Morgan fingerprint density at radius 1 is 0.806 bits per heavy atom. The van der Waals surface area contributed by atoms with Gasteiger partial charge >= 0.3 is 0 Å². The Morgan fingerprint density at radius 3 is 2.03 bits per heavy atom. The zero-order chi connectivity index (χ0) is 22.4. The van der Waals surface area contributed by atoms with Gasteiger partial charge < -0.3 is 5.32 Å². The van der Waals surface area contributed by atoms with Gasteiger partial charge in [-0.2, -0.15) is 0 Å². The maximum absolute atomic E-state index is 4.91. The first-order valence-corrected chi connectivity index (χ1v) is 11.9. The van der Waals surface area contributed by atoms with Gasteiger partial charge in [-0.15, -0.1) is 0 Å². The average Bonchev–Trinajstić information content (AvgIpc) is 2.74. The van der Waals surface area contributed by atoms with E-state index in [1.54, 1.807) is 0 Å². The van der Waals surface area contributed by atoms with Crippen LogP contribution in [0, 0.1) is 0 Å². The smallest absolute Gasteiger partial charge is 0.195 e. The van der Waals surface area contributed by atoms with Gasteiger partial charge in [0, 0.05) is 16.4 Å². The van der Waals surface area contributed by atoms with Crippen LogP contribution in [-0.4, -0.2) is 19.5 Å². The van der Waals surface area contributed by atoms with Crippen molar-refractivity contribution in [2.24, 2.45) is 4.99 Å². The van der Waals surface area contributed by atoms with Crippen LogP contribution in [0.4, 0.5) is 11.4 Å². The summed E-state index contributed by atoms with van der Waals surface area (Å²) in [5.41, 5.74) is 7.48. The van der Waals surface area contributed by atoms with Crippen molar-refractivity contribution >= 4 is 51.7 Å². The SMILES string of the molecule is CC(/C=N/c1c(Br)cccc1Bc1ccccc1)Nc1c(C(C)C)cccc1C(C)C. The molecule has 1 N–H and O–H groups in total. The molecular weight excluding hydrogens is 443 g/mol. The maximum atomic E-state index is 4.91. The fraction of sp³-hybridized carbons (Fsp3) is 0.296. The summed E-state index contributed by atoms with van der Waals surface area (Å²) in [6, 6.07) is 23.6. The van der Waals surface area contributed by atoms with Gasteiger partial charge in [-0.1, -0.05) is 99.3 Å². The molecule has 0 spiro atoms. The number of hydrogen-bond donors (Lipinski definition) is 1. The topological polar surface area (TPSA) is 24.4 Å². The van der Waals surface area contributed by atoms with Crippen molar-refractivity contribution in [1.29, 1.82) is 0 Å². The quantitative estimate of drug-likeness (QED) is 0.301. The van der Waals surface area contributed by atoms with Crippen molar-refractivity contribution in [3.8, 4) is 0 Å². The first-order valence-electron chi connectivity index (χ1n) is 11.1. The summed E-state index contributed by atoms with van der Waals surface area (Å²) in [5, 5.41) is 3.74. The molecule has 0 heterocycles. The monoisotopic (exact) mass is 474 g/mol. The largest absolute Gasteiger partial charge is 0.377 e. The molecular formula is C27H32BBrN2. The summed E-state index contributed by atoms with van der Waals surface area (Å²) in [4.78, 5) is 4.91. The minimum atomic E-state index is 0.106. The van der Waals surface area contributed by atoms with Crippen LogP contribution in [0.15, 0.2) is 76.2 Å². The molecule has 0 radical (unpaired) electrons. The molecule has 0 aromatic heterocycles. The van der Waals surface area contributed by atoms with E-state index >= 15 is 0 Å². The Morgan fingerprint density at radius 2 is 1.42 bits per heavy atom. The number of aliphatic imine (C=N–C) groups is 1. The van der Waals surface area contributed by atoms with Crippen molar-refractivity contribution in [2.45, 2.75) is 52.5 Å². The summed E-state index contributed by atoms with van der Waals surface area (Å²) in [6.07, 6.45) is 2.02. The van der Waals surface area contributed by atoms with E-state index < -0.39 is 0 Å². The molecule has 2 nitrogen and oxygen atoms in total. The second-order valence-corrected chi connectivity index (χ2v) is 9.60. The van der Waals surface area contributed by atoms with Crippen LogP contribution >= 0.6 is 15.9 Å². The van der Waals surface area contributed by atoms with Crippen LogP contribution in [0.2, 0.25) is 0 Å². The van der Waals surface area contributed by atoms with Gasteiger partial charge in [0.05, 0.1) is 11.7 Å². The molecule has 1 unspecified atom stereocenters. The molecule has 0 amide bonds. The third kappa shape index (κ3) is 6.10. The van der Waals surface area contributed by atoms with Crippen LogP contribution in [0.5, 0.6) is 0 Å². The number of benzene rings is 3. The van der Waals surface area contributed by atoms with Gasteiger partial charge in [0.2, 0.25) is 0 Å². The predicted octanol–water partition coefficient (Wildman–Crippen LogP) is 6.29. The van der Waals surface area contributed by atoms with E-state index in [4.69, 9.17) is 4.99 Å². The Kier molecular flexibility index (Phi) is 8.14. The minimum absolute atomic E-state index is 0.106. The second kappa shape index (κ2) is 10.8. The standard InChI is InChI=1S/C27H32BBrN2/c1-18(2)22-13-9-14-23(19(3)4)26(22)31-20(5)17-30-27-24(15-10-16-25(27)29)28-21-11-7-6-8-12-21/h6-20,28,31H,1-5H3/b30-17+. The Balaban J connectivity index is 1.85. The molecule has 31 heavy (non-hydrogen) atoms. The molecule has 3 aromatic rings. The third-order valence-corrected chi connectivity index (χ3v) is 6.12. The molecule has 0 saturated carbocycles. The van der Waals surface area contributed by atoms with Crippen LogP contribution in [-0.2, 0) is 0 Å². The molecule has 0 aliphatic rings. The molecule has 0 aliphatic carbocycles. The predicted molar refractivity (Wildman–Crippen MR) is 143 cm³/mol. The highest BCUT2D eigenvalue weighted by Gasteiger charge is 2.15. The summed E-state index contributed by atoms with van der Waals surface area (Å²) < 4.78 is 1.02. The van der Waals surface area contributed by atoms with E-state index in [9.17, 15) is 0 Å². The lowest BCUT2D eigenvalue weighted by Gasteiger charge is -2.23. The van der Waals surface area contributed by atoms with Gasteiger partial charge in [0.25, 0.3) is 0 Å². The number of nitrogens with zero attached hydrogens (tertiary/aromatic N) is 1. The van der Waals surface area contributed by atoms with E-state index in [1.807, 2.05) is 6.21 Å². The van der Waals surface area contributed by atoms with E-state index in [0.29, 0.717) is 11.8 Å². The number of nitrogens with one attached hydrogen (secondary N) is 1. The van der Waals surface area contributed by atoms with Gasteiger partial charge in [-0.3, -0.25) is 4.99 Å². The lowest BCUT2D eigenvalue weighted by atomic mass is 9.63. The number of para-hydroxylation sites is 2. The summed E-state index contributed by atoms with van der Waals surface area (Å²) in [6.45, 7) is 11.2. The minimum Gasteiger partial charge on any atom is -0.377 e. The van der Waals surface area contributed by atoms with Crippen LogP contribution in [0.25, 0.3) is 0 Å². The number of rotatable bonds is 8. The van der Waals surface area contributed by atoms with Crippen molar-refractivity contribution in [3.63, 3.8) is 0 Å². The number of halogens is 1. The van der Waals surface area contributed by atoms with Gasteiger partial charge in [-0.05, 0) is 51.9 Å². The molecule has 0 fully saturated rings. The van der Waals surface area contributed by atoms with Gasteiger partial charge in [-0.25, -0.2) is 0 Å². The number of hydrogen-bond acceptors (Lipinski definition) is 2. The summed E-state index contributed by atoms with van der Waals surface area (Å²) >= 11 is 3.70. The molecule has 3 aromatic carbocycles. The van der Waals surface area contributed by atoms with E-state index in [-0.39, 0.29) is 6.04 Å². The molecule has 4 heteroatoms. The molecule has 1 atom stereocenters. The van der Waals surface area contributed by atoms with E-state index in [0.717, 1.165) is 17.4 Å². The Hall–Kier alpha value is -2.33. The Labute approximate surface area is 196 Å². The van der Waals surface area contributed by atoms with Crippen LogP contribution in [0.1, 0.15) is 57.6 Å². The lowest BCUT2D eigenvalue weighted by molar-refractivity contribution is 0.830. The second-order valence-electron chi connectivity index (χ2n) is 8.74. The van der Waals surface area contributed by atoms with Crippen molar-refractivity contribution < 1.29 is 0 Å². The zero-order valence-electron chi connectivity index (χ0n) is 19.2. The fourth-order valence-corrected chi connectivity index (χ4v) is 4.34. The number of anilines is 1. The summed E-state index contributed by atoms with van der Waals surface area (Å²) in [7, 11) is 0.864. The maximum Gasteiger partial charge on any atom is 0.195 e. The van der Waals surface area contributed by atoms with E-state index in [1.165, 1.54) is 27.7 Å². The normalized spacial score (nSPS) is 12.5. The van der Waals surface area contributed by atoms with Gasteiger partial charge in [0.15, 0.2) is 7.28 Å². The highest BCUT2D eigenvalue weighted by molar-refractivity contribution is 9.10. The molecule has 0 bridgehead atoms. The molecule has 0 saturated heterocycles. The fourth-order valence-electron chi connectivity index (χ4n) is 3.83. The summed E-state index contributed by atoms with van der Waals surface area (Å²) in [5.74, 6) is 0.928. The highest BCUT2D eigenvalue weighted by Crippen LogP contribution is 2.32. The Bertz CT molecular complexity index is 1000. The zero-order valence-corrected chi connectivity index (χ0v) is 20.8. The van der Waals surface area contributed by atoms with Gasteiger partial charge in [0.1, 0.15) is 0 Å². The average molecular weight is 475 g/mol. The molecule has 0 aliphatic heterocycles. The third-order valence-electron chi connectivity index (χ3n) is 5.48. The molecule has 3 rings (SSSR count). The first-order chi connectivity index (χ1) is 14.9. The van der Waals surface area contributed by atoms with Crippen molar-refractivity contribution in [1.82, 2.24) is 0 Å². The van der Waals surface area contributed by atoms with Crippen LogP contribution < -0.4 is 16.2 Å². The van der Waals surface area contributed by atoms with Crippen molar-refractivity contribution in [2.75, 3.05) is 5.32 Å².